The average Bonchev–Trinajstić information content (AvgIpc) is 2.30. The molecule has 110 valence electrons. The van der Waals surface area contributed by atoms with E-state index >= 15 is 0 Å². The van der Waals surface area contributed by atoms with Crippen LogP contribution >= 0.6 is 23.2 Å². The average molecular weight is 318 g/mol. The smallest absolute Gasteiger partial charge is 0.253 e. The van der Waals surface area contributed by atoms with Crippen molar-refractivity contribution in [3.05, 3.63) is 28.0 Å². The van der Waals surface area contributed by atoms with E-state index in [1.807, 2.05) is 20.8 Å². The van der Waals surface area contributed by atoms with Gasteiger partial charge in [-0.2, -0.15) is 0 Å². The summed E-state index contributed by atoms with van der Waals surface area (Å²) >= 11 is 11.5. The molecule has 5 nitrogen and oxygen atoms in total. The van der Waals surface area contributed by atoms with Crippen molar-refractivity contribution in [1.82, 2.24) is 15.6 Å². The second-order valence-electron chi connectivity index (χ2n) is 5.43. The largest absolute Gasteiger partial charge is 0.350 e. The number of hydrogen-bond acceptors (Lipinski definition) is 3. The lowest BCUT2D eigenvalue weighted by Crippen LogP contribution is -2.50. The molecule has 1 heterocycles. The Kier molecular flexibility index (Phi) is 5.36. The predicted molar refractivity (Wildman–Crippen MR) is 79.1 cm³/mol. The molecule has 1 aromatic heterocycles. The molecule has 1 aromatic rings. The second kappa shape index (κ2) is 6.41. The van der Waals surface area contributed by atoms with Gasteiger partial charge < -0.3 is 10.6 Å². The minimum atomic E-state index is -0.670. The van der Waals surface area contributed by atoms with Gasteiger partial charge in [-0.25, -0.2) is 4.98 Å². The van der Waals surface area contributed by atoms with Crippen LogP contribution < -0.4 is 10.6 Å². The number of amides is 2. The zero-order valence-corrected chi connectivity index (χ0v) is 13.3. The van der Waals surface area contributed by atoms with Crippen molar-refractivity contribution in [2.45, 2.75) is 39.3 Å². The number of carbonyl (C=O) groups is 2. The van der Waals surface area contributed by atoms with Crippen molar-refractivity contribution >= 4 is 35.0 Å². The Hall–Kier alpha value is -1.33. The third kappa shape index (κ3) is 4.98. The molecule has 7 heteroatoms. The van der Waals surface area contributed by atoms with Crippen LogP contribution in [0, 0.1) is 0 Å². The van der Waals surface area contributed by atoms with Gasteiger partial charge in [-0.1, -0.05) is 23.2 Å². The Bertz CT molecular complexity index is 527. The van der Waals surface area contributed by atoms with Crippen molar-refractivity contribution in [3.63, 3.8) is 0 Å². The van der Waals surface area contributed by atoms with Gasteiger partial charge in [-0.05, 0) is 33.8 Å². The second-order valence-corrected chi connectivity index (χ2v) is 6.20. The highest BCUT2D eigenvalue weighted by molar-refractivity contribution is 6.41. The molecule has 0 aromatic carbocycles. The molecule has 0 aliphatic heterocycles. The van der Waals surface area contributed by atoms with E-state index in [2.05, 4.69) is 15.6 Å². The Balaban J connectivity index is 2.70. The molecule has 1 rings (SSSR count). The van der Waals surface area contributed by atoms with Crippen LogP contribution in [0.2, 0.25) is 10.2 Å². The first-order valence-electron chi connectivity index (χ1n) is 6.04. The topological polar surface area (TPSA) is 71.1 Å². The standard InChI is InChI=1S/C13H17Cl2N3O2/c1-7(11(19)18-13(2,3)4)17-12(20)8-5-9(14)10(15)16-6-8/h5-7H,1-4H3,(H,17,20)(H,18,19). The summed E-state index contributed by atoms with van der Waals surface area (Å²) in [6.45, 7) is 7.19. The first-order valence-corrected chi connectivity index (χ1v) is 6.79. The molecule has 1 atom stereocenters. The number of nitrogens with one attached hydrogen (secondary N) is 2. The first kappa shape index (κ1) is 16.7. The summed E-state index contributed by atoms with van der Waals surface area (Å²) in [6.07, 6.45) is 1.30. The van der Waals surface area contributed by atoms with Gasteiger partial charge in [0, 0.05) is 11.7 Å². The minimum Gasteiger partial charge on any atom is -0.350 e. The molecule has 0 radical (unpaired) electrons. The van der Waals surface area contributed by atoms with Crippen molar-refractivity contribution in [3.8, 4) is 0 Å². The number of nitrogens with zero attached hydrogens (tertiary/aromatic N) is 1. The van der Waals surface area contributed by atoms with E-state index in [-0.39, 0.29) is 27.2 Å². The number of pyridine rings is 1. The van der Waals surface area contributed by atoms with Gasteiger partial charge in [-0.15, -0.1) is 0 Å². The molecule has 1 unspecified atom stereocenters. The van der Waals surface area contributed by atoms with Crippen LogP contribution in [0.5, 0.6) is 0 Å². The zero-order valence-electron chi connectivity index (χ0n) is 11.8. The molecule has 0 fully saturated rings. The number of hydrogen-bond donors (Lipinski definition) is 2. The molecule has 0 aliphatic rings. The van der Waals surface area contributed by atoms with Gasteiger partial charge in [0.1, 0.15) is 11.2 Å². The van der Waals surface area contributed by atoms with Gasteiger partial charge in [0.15, 0.2) is 0 Å². The van der Waals surface area contributed by atoms with Crippen LogP contribution in [0.1, 0.15) is 38.1 Å². The maximum Gasteiger partial charge on any atom is 0.253 e. The van der Waals surface area contributed by atoms with Crippen molar-refractivity contribution < 1.29 is 9.59 Å². The lowest BCUT2D eigenvalue weighted by molar-refractivity contribution is -0.124. The molecule has 0 saturated heterocycles. The third-order valence-corrected chi connectivity index (χ3v) is 2.98. The fourth-order valence-corrected chi connectivity index (χ4v) is 1.64. The summed E-state index contributed by atoms with van der Waals surface area (Å²) in [7, 11) is 0. The van der Waals surface area contributed by atoms with E-state index in [9.17, 15) is 9.59 Å². The maximum atomic E-state index is 12.0. The Morgan fingerprint density at radius 3 is 2.40 bits per heavy atom. The Morgan fingerprint density at radius 2 is 1.90 bits per heavy atom. The van der Waals surface area contributed by atoms with Gasteiger partial charge in [0.25, 0.3) is 5.91 Å². The van der Waals surface area contributed by atoms with Crippen molar-refractivity contribution in [2.24, 2.45) is 0 Å². The highest BCUT2D eigenvalue weighted by Crippen LogP contribution is 2.19. The predicted octanol–water partition coefficient (Wildman–Crippen LogP) is 2.42. The van der Waals surface area contributed by atoms with Crippen LogP contribution in [-0.2, 0) is 4.79 Å². The van der Waals surface area contributed by atoms with E-state index in [1.165, 1.54) is 12.3 Å². The molecular weight excluding hydrogens is 301 g/mol. The van der Waals surface area contributed by atoms with E-state index in [0.29, 0.717) is 0 Å². The molecule has 2 N–H and O–H groups in total. The summed E-state index contributed by atoms with van der Waals surface area (Å²) in [4.78, 5) is 27.6. The van der Waals surface area contributed by atoms with Crippen molar-refractivity contribution in [1.29, 1.82) is 0 Å². The summed E-state index contributed by atoms with van der Waals surface area (Å²) in [6, 6.07) is 0.733. The third-order valence-electron chi connectivity index (χ3n) is 2.30. The van der Waals surface area contributed by atoms with Crippen molar-refractivity contribution in [2.75, 3.05) is 0 Å². The number of carbonyl (C=O) groups excluding carboxylic acids is 2. The quantitative estimate of drug-likeness (QED) is 0.841. The van der Waals surface area contributed by atoms with E-state index < -0.39 is 11.9 Å². The Morgan fingerprint density at radius 1 is 1.30 bits per heavy atom. The summed E-state index contributed by atoms with van der Waals surface area (Å²) in [5.41, 5.74) is -0.115. The molecule has 0 spiro atoms. The van der Waals surface area contributed by atoms with E-state index in [1.54, 1.807) is 6.92 Å². The number of halogens is 2. The minimum absolute atomic E-state index is 0.127. The molecule has 20 heavy (non-hydrogen) atoms. The van der Waals surface area contributed by atoms with Crippen LogP contribution in [0.15, 0.2) is 12.3 Å². The maximum absolute atomic E-state index is 12.0. The zero-order chi connectivity index (χ0) is 15.5. The van der Waals surface area contributed by atoms with E-state index in [0.717, 1.165) is 0 Å². The lowest BCUT2D eigenvalue weighted by Gasteiger charge is -2.23. The van der Waals surface area contributed by atoms with Gasteiger partial charge in [0.05, 0.1) is 10.6 Å². The molecular formula is C13H17Cl2N3O2. The summed E-state index contributed by atoms with van der Waals surface area (Å²) < 4.78 is 0. The van der Waals surface area contributed by atoms with Gasteiger partial charge in [0.2, 0.25) is 5.91 Å². The highest BCUT2D eigenvalue weighted by Gasteiger charge is 2.21. The summed E-state index contributed by atoms with van der Waals surface area (Å²) in [5, 5.41) is 5.67. The summed E-state index contributed by atoms with van der Waals surface area (Å²) in [5.74, 6) is -0.702. The fraction of sp³-hybridized carbons (Fsp3) is 0.462. The van der Waals surface area contributed by atoms with Crippen LogP contribution in [0.25, 0.3) is 0 Å². The number of rotatable bonds is 3. The number of aromatic nitrogens is 1. The highest BCUT2D eigenvalue weighted by atomic mass is 35.5. The molecule has 0 bridgehead atoms. The SMILES string of the molecule is CC(NC(=O)c1cnc(Cl)c(Cl)c1)C(=O)NC(C)(C)C. The van der Waals surface area contributed by atoms with Crippen LogP contribution in [0.3, 0.4) is 0 Å². The van der Waals surface area contributed by atoms with Crippen LogP contribution in [-0.4, -0.2) is 28.4 Å². The normalized spacial score (nSPS) is 12.7. The van der Waals surface area contributed by atoms with E-state index in [4.69, 9.17) is 23.2 Å². The first-order chi connectivity index (χ1) is 9.10. The lowest BCUT2D eigenvalue weighted by atomic mass is 10.1. The molecule has 0 aliphatic carbocycles. The molecule has 0 saturated carbocycles. The van der Waals surface area contributed by atoms with Gasteiger partial charge in [-0.3, -0.25) is 9.59 Å². The van der Waals surface area contributed by atoms with Gasteiger partial charge >= 0.3 is 0 Å². The Labute approximate surface area is 128 Å². The molecule has 2 amide bonds. The monoisotopic (exact) mass is 317 g/mol. The van der Waals surface area contributed by atoms with Crippen LogP contribution in [0.4, 0.5) is 0 Å². The fourth-order valence-electron chi connectivity index (χ4n) is 1.37.